The van der Waals surface area contributed by atoms with E-state index in [2.05, 4.69) is 5.32 Å². The van der Waals surface area contributed by atoms with Crippen LogP contribution in [0.15, 0.2) is 45.7 Å². The molecule has 2 rings (SSSR count). The highest BCUT2D eigenvalue weighted by Crippen LogP contribution is 2.18. The van der Waals surface area contributed by atoms with E-state index in [1.165, 1.54) is 0 Å². The van der Waals surface area contributed by atoms with Crippen molar-refractivity contribution in [1.82, 2.24) is 5.32 Å². The van der Waals surface area contributed by atoms with Crippen LogP contribution in [0, 0.1) is 6.92 Å². The quantitative estimate of drug-likeness (QED) is 0.891. The maximum Gasteiger partial charge on any atom is 0.185 e. The molecule has 0 radical (unpaired) electrons. The minimum Gasteiger partial charge on any atom is -0.464 e. The Morgan fingerprint density at radius 3 is 2.29 bits per heavy atom. The van der Waals surface area contributed by atoms with Gasteiger partial charge in [-0.2, -0.15) is 0 Å². The molecule has 4 nitrogen and oxygen atoms in total. The van der Waals surface area contributed by atoms with Crippen LogP contribution in [0.3, 0.4) is 0 Å². The van der Waals surface area contributed by atoms with Crippen LogP contribution in [0.2, 0.25) is 0 Å². The van der Waals surface area contributed by atoms with Crippen LogP contribution in [0.25, 0.3) is 0 Å². The number of sulfone groups is 1. The number of nitrogens with one attached hydrogen (secondary N) is 1. The van der Waals surface area contributed by atoms with Crippen molar-refractivity contribution in [2.45, 2.75) is 44.0 Å². The zero-order valence-electron chi connectivity index (χ0n) is 12.6. The first-order valence-electron chi connectivity index (χ1n) is 6.97. The Labute approximate surface area is 126 Å². The van der Waals surface area contributed by atoms with Crippen LogP contribution in [0.5, 0.6) is 0 Å². The van der Waals surface area contributed by atoms with Gasteiger partial charge in [-0.25, -0.2) is 8.42 Å². The van der Waals surface area contributed by atoms with E-state index in [9.17, 15) is 8.42 Å². The first kappa shape index (κ1) is 15.8. The Bertz CT molecular complexity index is 685. The maximum absolute atomic E-state index is 12.3. The lowest BCUT2D eigenvalue weighted by Gasteiger charge is -2.05. The van der Waals surface area contributed by atoms with E-state index in [1.807, 2.05) is 26.8 Å². The molecule has 21 heavy (non-hydrogen) atoms. The summed E-state index contributed by atoms with van der Waals surface area (Å²) in [4.78, 5) is 0.325. The van der Waals surface area contributed by atoms with Gasteiger partial charge in [0.1, 0.15) is 17.3 Å². The molecule has 2 aromatic rings. The fourth-order valence-electron chi connectivity index (χ4n) is 1.92. The SMILES string of the molecule is Cc1ccc(S(=O)(=O)Cc2ccc(CNC(C)C)o2)cc1. The predicted octanol–water partition coefficient (Wildman–Crippen LogP) is 3.06. The van der Waals surface area contributed by atoms with E-state index in [4.69, 9.17) is 4.42 Å². The fourth-order valence-corrected chi connectivity index (χ4v) is 3.16. The van der Waals surface area contributed by atoms with Crippen molar-refractivity contribution in [3.05, 3.63) is 53.5 Å². The van der Waals surface area contributed by atoms with Crippen molar-refractivity contribution in [2.24, 2.45) is 0 Å². The molecule has 0 spiro atoms. The second-order valence-electron chi connectivity index (χ2n) is 5.48. The van der Waals surface area contributed by atoms with Gasteiger partial charge in [-0.05, 0) is 31.2 Å². The average Bonchev–Trinajstić information content (AvgIpc) is 2.84. The van der Waals surface area contributed by atoms with Crippen LogP contribution in [-0.2, 0) is 22.1 Å². The number of hydrogen-bond donors (Lipinski definition) is 1. The molecule has 5 heteroatoms. The van der Waals surface area contributed by atoms with Gasteiger partial charge in [0.15, 0.2) is 9.84 Å². The third-order valence-electron chi connectivity index (χ3n) is 3.11. The fraction of sp³-hybridized carbons (Fsp3) is 0.375. The predicted molar refractivity (Wildman–Crippen MR) is 82.8 cm³/mol. The molecular formula is C16H21NO3S. The molecule has 0 atom stereocenters. The molecule has 0 unspecified atom stereocenters. The van der Waals surface area contributed by atoms with Crippen LogP contribution in [-0.4, -0.2) is 14.5 Å². The largest absolute Gasteiger partial charge is 0.464 e. The molecule has 1 heterocycles. The summed E-state index contributed by atoms with van der Waals surface area (Å²) < 4.78 is 30.2. The lowest BCUT2D eigenvalue weighted by Crippen LogP contribution is -2.21. The summed E-state index contributed by atoms with van der Waals surface area (Å²) >= 11 is 0. The van der Waals surface area contributed by atoms with Crippen molar-refractivity contribution < 1.29 is 12.8 Å². The van der Waals surface area contributed by atoms with Crippen molar-refractivity contribution in [1.29, 1.82) is 0 Å². The number of hydrogen-bond acceptors (Lipinski definition) is 4. The number of rotatable bonds is 6. The van der Waals surface area contributed by atoms with Gasteiger partial charge in [-0.3, -0.25) is 0 Å². The molecule has 0 aliphatic carbocycles. The molecule has 0 saturated carbocycles. The monoisotopic (exact) mass is 307 g/mol. The van der Waals surface area contributed by atoms with E-state index in [0.717, 1.165) is 11.3 Å². The van der Waals surface area contributed by atoms with Crippen molar-refractivity contribution in [3.8, 4) is 0 Å². The van der Waals surface area contributed by atoms with Gasteiger partial charge in [-0.1, -0.05) is 31.5 Å². The second kappa shape index (κ2) is 6.45. The Morgan fingerprint density at radius 2 is 1.67 bits per heavy atom. The topological polar surface area (TPSA) is 59.3 Å². The summed E-state index contributed by atoms with van der Waals surface area (Å²) in [5, 5.41) is 3.23. The standard InChI is InChI=1S/C16H21NO3S/c1-12(2)17-10-14-6-7-15(20-14)11-21(18,19)16-8-4-13(3)5-9-16/h4-9,12,17H,10-11H2,1-3H3. The Morgan fingerprint density at radius 1 is 1.05 bits per heavy atom. The van der Waals surface area contributed by atoms with E-state index in [0.29, 0.717) is 23.2 Å². The molecule has 1 aromatic heterocycles. The molecule has 0 fully saturated rings. The summed E-state index contributed by atoms with van der Waals surface area (Å²) in [5.41, 5.74) is 1.04. The molecule has 0 amide bonds. The smallest absolute Gasteiger partial charge is 0.185 e. The maximum atomic E-state index is 12.3. The lowest BCUT2D eigenvalue weighted by molar-refractivity contribution is 0.443. The van der Waals surface area contributed by atoms with E-state index >= 15 is 0 Å². The minimum absolute atomic E-state index is 0.113. The molecule has 1 N–H and O–H groups in total. The van der Waals surface area contributed by atoms with Crippen molar-refractivity contribution >= 4 is 9.84 Å². The van der Waals surface area contributed by atoms with Crippen LogP contribution >= 0.6 is 0 Å². The van der Waals surface area contributed by atoms with Gasteiger partial charge < -0.3 is 9.73 Å². The van der Waals surface area contributed by atoms with Gasteiger partial charge in [0.25, 0.3) is 0 Å². The zero-order valence-corrected chi connectivity index (χ0v) is 13.4. The first-order chi connectivity index (χ1) is 9.87. The summed E-state index contributed by atoms with van der Waals surface area (Å²) in [7, 11) is -3.36. The van der Waals surface area contributed by atoms with Gasteiger partial charge in [-0.15, -0.1) is 0 Å². The molecule has 0 aliphatic rings. The second-order valence-corrected chi connectivity index (χ2v) is 7.47. The Hall–Kier alpha value is -1.59. The van der Waals surface area contributed by atoms with E-state index in [1.54, 1.807) is 30.3 Å². The first-order valence-corrected chi connectivity index (χ1v) is 8.62. The number of aryl methyl sites for hydroxylation is 1. The number of furan rings is 1. The van der Waals surface area contributed by atoms with Crippen LogP contribution in [0.4, 0.5) is 0 Å². The highest BCUT2D eigenvalue weighted by Gasteiger charge is 2.17. The normalized spacial score (nSPS) is 12.0. The summed E-state index contributed by atoms with van der Waals surface area (Å²) in [5.74, 6) is 1.10. The van der Waals surface area contributed by atoms with Gasteiger partial charge in [0.2, 0.25) is 0 Å². The third-order valence-corrected chi connectivity index (χ3v) is 4.77. The molecule has 1 aromatic carbocycles. The van der Waals surface area contributed by atoms with E-state index < -0.39 is 9.84 Å². The molecule has 0 bridgehead atoms. The summed E-state index contributed by atoms with van der Waals surface area (Å²) in [6, 6.07) is 10.8. The molecule has 114 valence electrons. The van der Waals surface area contributed by atoms with Gasteiger partial charge >= 0.3 is 0 Å². The van der Waals surface area contributed by atoms with E-state index in [-0.39, 0.29) is 5.75 Å². The highest BCUT2D eigenvalue weighted by molar-refractivity contribution is 7.90. The molecule has 0 aliphatic heterocycles. The van der Waals surface area contributed by atoms with Gasteiger partial charge in [0, 0.05) is 6.04 Å². The third kappa shape index (κ3) is 4.44. The molecular weight excluding hydrogens is 286 g/mol. The average molecular weight is 307 g/mol. The number of benzene rings is 1. The van der Waals surface area contributed by atoms with Gasteiger partial charge in [0.05, 0.1) is 11.4 Å². The zero-order chi connectivity index (χ0) is 15.5. The Kier molecular flexibility index (Phi) is 4.85. The lowest BCUT2D eigenvalue weighted by atomic mass is 10.2. The summed E-state index contributed by atoms with van der Waals surface area (Å²) in [6.45, 7) is 6.62. The summed E-state index contributed by atoms with van der Waals surface area (Å²) in [6.07, 6.45) is 0. The van der Waals surface area contributed by atoms with Crippen molar-refractivity contribution in [3.63, 3.8) is 0 Å². The highest BCUT2D eigenvalue weighted by atomic mass is 32.2. The van der Waals surface area contributed by atoms with Crippen LogP contribution < -0.4 is 5.32 Å². The van der Waals surface area contributed by atoms with Crippen LogP contribution in [0.1, 0.15) is 30.9 Å². The Balaban J connectivity index is 2.08. The van der Waals surface area contributed by atoms with Crippen molar-refractivity contribution in [2.75, 3.05) is 0 Å². The minimum atomic E-state index is -3.36. The molecule has 0 saturated heterocycles.